The number of aromatic amines is 1. The SMILES string of the molecule is Cc1ccc(-c2nc(-c3cnn4c(C5CCNCC5)cc(=O)[nH]c34)no2)c(C(F)(F)F)c1. The zero-order valence-corrected chi connectivity index (χ0v) is 17.0. The van der Waals surface area contributed by atoms with Crippen molar-refractivity contribution in [1.29, 1.82) is 0 Å². The Morgan fingerprint density at radius 3 is 2.69 bits per heavy atom. The molecule has 166 valence electrons. The topological polar surface area (TPSA) is 101 Å². The third-order valence-corrected chi connectivity index (χ3v) is 5.67. The Morgan fingerprint density at radius 1 is 1.16 bits per heavy atom. The number of benzene rings is 1. The van der Waals surface area contributed by atoms with Crippen molar-refractivity contribution in [3.8, 4) is 22.8 Å². The monoisotopic (exact) mass is 444 g/mol. The third kappa shape index (κ3) is 3.58. The fraction of sp³-hybridized carbons (Fsp3) is 0.333. The Labute approximate surface area is 179 Å². The Kier molecular flexibility index (Phi) is 4.85. The smallest absolute Gasteiger partial charge is 0.334 e. The Balaban J connectivity index is 1.59. The van der Waals surface area contributed by atoms with Crippen LogP contribution in [0.4, 0.5) is 13.2 Å². The van der Waals surface area contributed by atoms with Gasteiger partial charge in [0.1, 0.15) is 5.65 Å². The Hall–Kier alpha value is -3.47. The minimum Gasteiger partial charge on any atom is -0.334 e. The molecule has 0 bridgehead atoms. The van der Waals surface area contributed by atoms with Crippen molar-refractivity contribution in [1.82, 2.24) is 30.1 Å². The molecule has 1 aliphatic heterocycles. The van der Waals surface area contributed by atoms with E-state index in [1.165, 1.54) is 18.3 Å². The van der Waals surface area contributed by atoms with E-state index in [9.17, 15) is 18.0 Å². The van der Waals surface area contributed by atoms with Gasteiger partial charge in [0.2, 0.25) is 5.82 Å². The van der Waals surface area contributed by atoms with Crippen molar-refractivity contribution in [2.45, 2.75) is 31.9 Å². The molecule has 3 aromatic heterocycles. The first-order valence-electron chi connectivity index (χ1n) is 10.2. The van der Waals surface area contributed by atoms with Crippen LogP contribution in [0.25, 0.3) is 28.5 Å². The second-order valence-electron chi connectivity index (χ2n) is 7.87. The van der Waals surface area contributed by atoms with Crippen molar-refractivity contribution in [3.05, 3.63) is 57.6 Å². The van der Waals surface area contributed by atoms with Gasteiger partial charge in [-0.25, -0.2) is 4.52 Å². The molecule has 0 radical (unpaired) electrons. The van der Waals surface area contributed by atoms with E-state index in [-0.39, 0.29) is 28.8 Å². The maximum atomic E-state index is 13.5. The van der Waals surface area contributed by atoms with E-state index in [1.54, 1.807) is 17.5 Å². The summed E-state index contributed by atoms with van der Waals surface area (Å²) in [5, 5.41) is 11.5. The highest BCUT2D eigenvalue weighted by Gasteiger charge is 2.35. The molecular formula is C21H19F3N6O2. The zero-order chi connectivity index (χ0) is 22.5. The molecule has 4 heterocycles. The van der Waals surface area contributed by atoms with E-state index >= 15 is 0 Å². The summed E-state index contributed by atoms with van der Waals surface area (Å²) >= 11 is 0. The fourth-order valence-corrected chi connectivity index (χ4v) is 4.11. The number of nitrogens with one attached hydrogen (secondary N) is 2. The van der Waals surface area contributed by atoms with Gasteiger partial charge in [0.05, 0.1) is 28.6 Å². The van der Waals surface area contributed by atoms with Gasteiger partial charge in [-0.3, -0.25) is 4.79 Å². The van der Waals surface area contributed by atoms with Crippen LogP contribution in [0, 0.1) is 6.92 Å². The van der Waals surface area contributed by atoms with Gasteiger partial charge in [-0.05, 0) is 45.0 Å². The van der Waals surface area contributed by atoms with Gasteiger partial charge in [0.25, 0.3) is 11.4 Å². The lowest BCUT2D eigenvalue weighted by atomic mass is 9.94. The van der Waals surface area contributed by atoms with Crippen LogP contribution in [0.15, 0.2) is 39.8 Å². The fourth-order valence-electron chi connectivity index (χ4n) is 4.11. The first kappa shape index (κ1) is 20.4. The molecule has 0 saturated carbocycles. The van der Waals surface area contributed by atoms with Gasteiger partial charge in [0, 0.05) is 12.0 Å². The normalized spacial score (nSPS) is 15.5. The molecule has 1 aromatic carbocycles. The highest BCUT2D eigenvalue weighted by Crippen LogP contribution is 2.38. The third-order valence-electron chi connectivity index (χ3n) is 5.67. The van der Waals surface area contributed by atoms with Crippen LogP contribution < -0.4 is 10.9 Å². The summed E-state index contributed by atoms with van der Waals surface area (Å²) in [7, 11) is 0. The summed E-state index contributed by atoms with van der Waals surface area (Å²) < 4.78 is 47.4. The predicted octanol–water partition coefficient (Wildman–Crippen LogP) is 3.53. The van der Waals surface area contributed by atoms with Crippen LogP contribution in [0.2, 0.25) is 0 Å². The van der Waals surface area contributed by atoms with E-state index in [0.29, 0.717) is 16.8 Å². The lowest BCUT2D eigenvalue weighted by Gasteiger charge is -2.23. The van der Waals surface area contributed by atoms with Crippen molar-refractivity contribution >= 4 is 5.65 Å². The molecule has 2 N–H and O–H groups in total. The second kappa shape index (κ2) is 7.59. The maximum Gasteiger partial charge on any atom is 0.417 e. The molecular weight excluding hydrogens is 425 g/mol. The minimum absolute atomic E-state index is 0.0433. The number of hydrogen-bond donors (Lipinski definition) is 2. The summed E-state index contributed by atoms with van der Waals surface area (Å²) in [6.07, 6.45) is -1.36. The number of alkyl halides is 3. The number of H-pyrrole nitrogens is 1. The minimum atomic E-state index is -4.57. The number of aromatic nitrogens is 5. The predicted molar refractivity (Wildman–Crippen MR) is 109 cm³/mol. The van der Waals surface area contributed by atoms with Crippen molar-refractivity contribution in [2.24, 2.45) is 0 Å². The van der Waals surface area contributed by atoms with Crippen LogP contribution in [-0.4, -0.2) is 37.8 Å². The molecule has 1 fully saturated rings. The van der Waals surface area contributed by atoms with Gasteiger partial charge in [0.15, 0.2) is 0 Å². The lowest BCUT2D eigenvalue weighted by molar-refractivity contribution is -0.137. The zero-order valence-electron chi connectivity index (χ0n) is 17.0. The largest absolute Gasteiger partial charge is 0.417 e. The second-order valence-corrected chi connectivity index (χ2v) is 7.87. The molecule has 1 aliphatic rings. The van der Waals surface area contributed by atoms with Crippen LogP contribution in [0.5, 0.6) is 0 Å². The highest BCUT2D eigenvalue weighted by molar-refractivity contribution is 5.73. The molecule has 0 atom stereocenters. The van der Waals surface area contributed by atoms with E-state index in [4.69, 9.17) is 4.52 Å². The molecule has 0 unspecified atom stereocenters. The average molecular weight is 444 g/mol. The number of nitrogens with zero attached hydrogens (tertiary/aromatic N) is 4. The molecule has 8 nitrogen and oxygen atoms in total. The van der Waals surface area contributed by atoms with Crippen LogP contribution >= 0.6 is 0 Å². The standard InChI is InChI=1S/C21H19F3N6O2/c1-11-2-3-13(15(8-11)21(22,23)24)20-28-18(29-32-20)14-10-26-30-16(9-17(31)27-19(14)30)12-4-6-25-7-5-12/h2-3,8-10,12,25H,4-7H2,1H3,(H,27,31). The number of piperidine rings is 1. The quantitative estimate of drug-likeness (QED) is 0.501. The van der Waals surface area contributed by atoms with Gasteiger partial charge in [-0.2, -0.15) is 23.3 Å². The summed E-state index contributed by atoms with van der Waals surface area (Å²) in [5.41, 5.74) is 0.627. The van der Waals surface area contributed by atoms with E-state index in [0.717, 1.165) is 37.7 Å². The van der Waals surface area contributed by atoms with Gasteiger partial charge in [-0.1, -0.05) is 16.8 Å². The number of halogens is 3. The number of fused-ring (bicyclic) bond motifs is 1. The molecule has 4 aromatic rings. The van der Waals surface area contributed by atoms with Gasteiger partial charge < -0.3 is 14.8 Å². The van der Waals surface area contributed by atoms with Crippen molar-refractivity contribution in [2.75, 3.05) is 13.1 Å². The molecule has 32 heavy (non-hydrogen) atoms. The first-order chi connectivity index (χ1) is 15.3. The van der Waals surface area contributed by atoms with Crippen molar-refractivity contribution < 1.29 is 17.7 Å². The van der Waals surface area contributed by atoms with E-state index in [1.807, 2.05) is 0 Å². The Morgan fingerprint density at radius 2 is 1.94 bits per heavy atom. The molecule has 0 spiro atoms. The van der Waals surface area contributed by atoms with Crippen LogP contribution in [-0.2, 0) is 6.18 Å². The summed E-state index contributed by atoms with van der Waals surface area (Å²) in [5.74, 6) is -0.0538. The van der Waals surface area contributed by atoms with E-state index in [2.05, 4.69) is 25.5 Å². The molecule has 11 heteroatoms. The maximum absolute atomic E-state index is 13.5. The summed E-state index contributed by atoms with van der Waals surface area (Å²) in [6.45, 7) is 3.27. The summed E-state index contributed by atoms with van der Waals surface area (Å²) in [6, 6.07) is 5.43. The highest BCUT2D eigenvalue weighted by atomic mass is 19.4. The van der Waals surface area contributed by atoms with Crippen LogP contribution in [0.3, 0.4) is 0 Å². The number of aryl methyl sites for hydroxylation is 1. The van der Waals surface area contributed by atoms with Crippen LogP contribution in [0.1, 0.15) is 35.6 Å². The van der Waals surface area contributed by atoms with Gasteiger partial charge >= 0.3 is 6.18 Å². The number of hydrogen-bond acceptors (Lipinski definition) is 6. The lowest BCUT2D eigenvalue weighted by Crippen LogP contribution is -2.28. The van der Waals surface area contributed by atoms with Gasteiger partial charge in [-0.15, -0.1) is 0 Å². The molecule has 0 amide bonds. The Bertz CT molecular complexity index is 1350. The number of rotatable bonds is 3. The average Bonchev–Trinajstić information content (AvgIpc) is 3.40. The van der Waals surface area contributed by atoms with E-state index < -0.39 is 11.7 Å². The molecule has 0 aliphatic carbocycles. The van der Waals surface area contributed by atoms with Crippen molar-refractivity contribution in [3.63, 3.8) is 0 Å². The molecule has 5 rings (SSSR count). The summed E-state index contributed by atoms with van der Waals surface area (Å²) in [4.78, 5) is 19.3. The molecule has 1 saturated heterocycles. The first-order valence-corrected chi connectivity index (χ1v) is 10.2.